The van der Waals surface area contributed by atoms with Crippen molar-refractivity contribution >= 4 is 11.4 Å². The average Bonchev–Trinajstić information content (AvgIpc) is 2.32. The molecule has 1 aromatic carbocycles. The maximum Gasteiger partial charge on any atom is 0.292 e. The summed E-state index contributed by atoms with van der Waals surface area (Å²) >= 11 is 0. The van der Waals surface area contributed by atoms with E-state index in [2.05, 4.69) is 11.8 Å². The van der Waals surface area contributed by atoms with Gasteiger partial charge in [0, 0.05) is 18.7 Å². The molecule has 2 rings (SSSR count). The van der Waals surface area contributed by atoms with Crippen LogP contribution in [0.1, 0.15) is 37.3 Å². The van der Waals surface area contributed by atoms with Gasteiger partial charge in [-0.25, -0.2) is 0 Å². The molecule has 0 spiro atoms. The van der Waals surface area contributed by atoms with Crippen LogP contribution in [0, 0.1) is 24.0 Å². The van der Waals surface area contributed by atoms with Gasteiger partial charge in [-0.15, -0.1) is 0 Å². The maximum atomic E-state index is 11.2. The van der Waals surface area contributed by atoms with E-state index < -0.39 is 0 Å². The van der Waals surface area contributed by atoms with Crippen LogP contribution in [-0.2, 0) is 0 Å². The summed E-state index contributed by atoms with van der Waals surface area (Å²) in [7, 11) is 0. The normalized spacial score (nSPS) is 19.9. The fourth-order valence-electron chi connectivity index (χ4n) is 2.62. The average molecular weight is 248 g/mol. The van der Waals surface area contributed by atoms with Gasteiger partial charge < -0.3 is 4.90 Å². The van der Waals surface area contributed by atoms with Crippen molar-refractivity contribution in [3.05, 3.63) is 33.4 Å². The van der Waals surface area contributed by atoms with Crippen molar-refractivity contribution in [2.75, 3.05) is 11.4 Å². The van der Waals surface area contributed by atoms with Gasteiger partial charge in [-0.05, 0) is 57.2 Å². The standard InChI is InChI=1S/C14H20N2O2/c1-10-8-13(14(16(17)18)9-11(10)2)15-7-5-4-6-12(15)3/h8-9,12H,4-7H2,1-3H3. The first kappa shape index (κ1) is 12.9. The predicted molar refractivity (Wildman–Crippen MR) is 73.2 cm³/mol. The van der Waals surface area contributed by atoms with E-state index in [0.29, 0.717) is 6.04 Å². The quantitative estimate of drug-likeness (QED) is 0.593. The number of benzene rings is 1. The largest absolute Gasteiger partial charge is 0.363 e. The molecule has 4 nitrogen and oxygen atoms in total. The van der Waals surface area contributed by atoms with E-state index in [0.717, 1.165) is 36.2 Å². The van der Waals surface area contributed by atoms with Crippen molar-refractivity contribution < 1.29 is 4.92 Å². The Kier molecular flexibility index (Phi) is 3.55. The Labute approximate surface area is 108 Å². The smallest absolute Gasteiger partial charge is 0.292 e. The van der Waals surface area contributed by atoms with Gasteiger partial charge in [0.2, 0.25) is 0 Å². The Morgan fingerprint density at radius 3 is 2.56 bits per heavy atom. The number of aryl methyl sites for hydroxylation is 2. The molecule has 1 unspecified atom stereocenters. The Hall–Kier alpha value is -1.58. The minimum Gasteiger partial charge on any atom is -0.363 e. The number of nitro groups is 1. The SMILES string of the molecule is Cc1cc(N2CCCCC2C)c([N+](=O)[O-])cc1C. The molecule has 0 saturated carbocycles. The third-order valence-corrected chi connectivity index (χ3v) is 3.90. The summed E-state index contributed by atoms with van der Waals surface area (Å²) in [5, 5.41) is 11.2. The minimum absolute atomic E-state index is 0.242. The Morgan fingerprint density at radius 2 is 1.94 bits per heavy atom. The molecule has 1 aliphatic rings. The molecule has 0 radical (unpaired) electrons. The predicted octanol–water partition coefficient (Wildman–Crippen LogP) is 3.59. The summed E-state index contributed by atoms with van der Waals surface area (Å²) in [6.45, 7) is 7.01. The summed E-state index contributed by atoms with van der Waals surface area (Å²) in [6, 6.07) is 4.06. The monoisotopic (exact) mass is 248 g/mol. The van der Waals surface area contributed by atoms with Gasteiger partial charge in [0.1, 0.15) is 5.69 Å². The summed E-state index contributed by atoms with van der Waals surface area (Å²) < 4.78 is 0. The van der Waals surface area contributed by atoms with E-state index in [4.69, 9.17) is 0 Å². The first-order chi connectivity index (χ1) is 8.50. The molecule has 1 aliphatic heterocycles. The summed E-state index contributed by atoms with van der Waals surface area (Å²) in [4.78, 5) is 13.1. The molecule has 0 bridgehead atoms. The van der Waals surface area contributed by atoms with Crippen LogP contribution in [0.3, 0.4) is 0 Å². The zero-order valence-corrected chi connectivity index (χ0v) is 11.3. The highest BCUT2D eigenvalue weighted by atomic mass is 16.6. The van der Waals surface area contributed by atoms with E-state index in [1.807, 2.05) is 19.9 Å². The highest BCUT2D eigenvalue weighted by Crippen LogP contribution is 2.34. The number of rotatable bonds is 2. The summed E-state index contributed by atoms with van der Waals surface area (Å²) in [6.07, 6.45) is 3.45. The lowest BCUT2D eigenvalue weighted by Crippen LogP contribution is -2.37. The first-order valence-corrected chi connectivity index (χ1v) is 6.53. The van der Waals surface area contributed by atoms with Crippen LogP contribution in [0.4, 0.5) is 11.4 Å². The zero-order chi connectivity index (χ0) is 13.3. The van der Waals surface area contributed by atoms with Crippen molar-refractivity contribution in [3.63, 3.8) is 0 Å². The number of nitrogens with zero attached hydrogens (tertiary/aromatic N) is 2. The van der Waals surface area contributed by atoms with Crippen molar-refractivity contribution in [1.82, 2.24) is 0 Å². The lowest BCUT2D eigenvalue weighted by molar-refractivity contribution is -0.384. The lowest BCUT2D eigenvalue weighted by Gasteiger charge is -2.35. The van der Waals surface area contributed by atoms with Crippen LogP contribution in [0.5, 0.6) is 0 Å². The number of anilines is 1. The molecule has 1 saturated heterocycles. The second kappa shape index (κ2) is 4.96. The molecule has 0 N–H and O–H groups in total. The second-order valence-electron chi connectivity index (χ2n) is 5.22. The van der Waals surface area contributed by atoms with Crippen molar-refractivity contribution in [2.45, 2.75) is 46.1 Å². The molecule has 1 fully saturated rings. The van der Waals surface area contributed by atoms with Gasteiger partial charge in [0.15, 0.2) is 0 Å². The summed E-state index contributed by atoms with van der Waals surface area (Å²) in [5.41, 5.74) is 3.13. The van der Waals surface area contributed by atoms with Gasteiger partial charge in [-0.1, -0.05) is 0 Å². The fraction of sp³-hybridized carbons (Fsp3) is 0.571. The van der Waals surface area contributed by atoms with Gasteiger partial charge in [0.05, 0.1) is 4.92 Å². The summed E-state index contributed by atoms with van der Waals surface area (Å²) in [5.74, 6) is 0. The van der Waals surface area contributed by atoms with E-state index >= 15 is 0 Å². The van der Waals surface area contributed by atoms with E-state index in [9.17, 15) is 10.1 Å². The van der Waals surface area contributed by atoms with E-state index in [-0.39, 0.29) is 10.6 Å². The molecule has 0 amide bonds. The minimum atomic E-state index is -0.261. The number of piperidine rings is 1. The zero-order valence-electron chi connectivity index (χ0n) is 11.3. The molecule has 98 valence electrons. The Bertz CT molecular complexity index is 471. The number of hydrogen-bond acceptors (Lipinski definition) is 3. The van der Waals surface area contributed by atoms with E-state index in [1.54, 1.807) is 6.07 Å². The molecule has 0 aromatic heterocycles. The number of hydrogen-bond donors (Lipinski definition) is 0. The lowest BCUT2D eigenvalue weighted by atomic mass is 10.0. The van der Waals surface area contributed by atoms with Gasteiger partial charge in [-0.2, -0.15) is 0 Å². The molecule has 1 aromatic rings. The van der Waals surface area contributed by atoms with E-state index in [1.165, 1.54) is 6.42 Å². The Balaban J connectivity index is 2.47. The van der Waals surface area contributed by atoms with Crippen molar-refractivity contribution in [1.29, 1.82) is 0 Å². The Morgan fingerprint density at radius 1 is 1.28 bits per heavy atom. The van der Waals surface area contributed by atoms with Crippen LogP contribution in [0.25, 0.3) is 0 Å². The molecular formula is C14H20N2O2. The topological polar surface area (TPSA) is 46.4 Å². The van der Waals surface area contributed by atoms with Gasteiger partial charge in [0.25, 0.3) is 5.69 Å². The molecule has 4 heteroatoms. The van der Waals surface area contributed by atoms with Gasteiger partial charge in [-0.3, -0.25) is 10.1 Å². The molecule has 1 atom stereocenters. The molecular weight excluding hydrogens is 228 g/mol. The van der Waals surface area contributed by atoms with Crippen LogP contribution < -0.4 is 4.90 Å². The third-order valence-electron chi connectivity index (χ3n) is 3.90. The highest BCUT2D eigenvalue weighted by molar-refractivity contribution is 5.66. The molecule has 1 heterocycles. The van der Waals surface area contributed by atoms with Crippen LogP contribution in [0.15, 0.2) is 12.1 Å². The maximum absolute atomic E-state index is 11.2. The van der Waals surface area contributed by atoms with Crippen molar-refractivity contribution in [2.24, 2.45) is 0 Å². The number of nitro benzene ring substituents is 1. The molecule has 18 heavy (non-hydrogen) atoms. The fourth-order valence-corrected chi connectivity index (χ4v) is 2.62. The second-order valence-corrected chi connectivity index (χ2v) is 5.22. The van der Waals surface area contributed by atoms with Gasteiger partial charge >= 0.3 is 0 Å². The first-order valence-electron chi connectivity index (χ1n) is 6.53. The van der Waals surface area contributed by atoms with Crippen LogP contribution in [-0.4, -0.2) is 17.5 Å². The van der Waals surface area contributed by atoms with Crippen LogP contribution >= 0.6 is 0 Å². The third kappa shape index (κ3) is 2.33. The molecule has 0 aliphatic carbocycles. The van der Waals surface area contributed by atoms with Crippen molar-refractivity contribution in [3.8, 4) is 0 Å². The van der Waals surface area contributed by atoms with Crippen LogP contribution in [0.2, 0.25) is 0 Å². The highest BCUT2D eigenvalue weighted by Gasteiger charge is 2.26.